The van der Waals surface area contributed by atoms with Crippen molar-refractivity contribution in [2.45, 2.75) is 31.8 Å². The maximum Gasteiger partial charge on any atom is 0.231 e. The summed E-state index contributed by atoms with van der Waals surface area (Å²) in [6.45, 7) is 4.98. The number of nitrogens with one attached hydrogen (secondary N) is 1. The Labute approximate surface area is 121 Å². The number of hydrogen-bond acceptors (Lipinski definition) is 4. The molecule has 5 heteroatoms. The summed E-state index contributed by atoms with van der Waals surface area (Å²) in [4.78, 5) is 0. The van der Waals surface area contributed by atoms with Crippen LogP contribution in [0.1, 0.15) is 25.3 Å². The van der Waals surface area contributed by atoms with Gasteiger partial charge in [-0.25, -0.2) is 0 Å². The van der Waals surface area contributed by atoms with Crippen LogP contribution in [0.3, 0.4) is 0 Å². The van der Waals surface area contributed by atoms with E-state index in [1.165, 1.54) is 5.56 Å². The lowest BCUT2D eigenvalue weighted by atomic mass is 9.94. The third-order valence-corrected chi connectivity index (χ3v) is 4.23. The van der Waals surface area contributed by atoms with Crippen LogP contribution in [0, 0.1) is 0 Å². The van der Waals surface area contributed by atoms with Gasteiger partial charge in [-0.05, 0) is 53.4 Å². The first-order valence-corrected chi connectivity index (χ1v) is 7.36. The third-order valence-electron chi connectivity index (χ3n) is 3.64. The Hall–Kier alpha value is -0.780. The first-order valence-electron chi connectivity index (χ1n) is 6.57. The van der Waals surface area contributed by atoms with Gasteiger partial charge in [-0.2, -0.15) is 0 Å². The second kappa shape index (κ2) is 5.31. The average Bonchev–Trinajstić information content (AvgIpc) is 2.86. The first kappa shape index (κ1) is 13.2. The molecule has 4 nitrogen and oxygen atoms in total. The summed E-state index contributed by atoms with van der Waals surface area (Å²) >= 11 is 3.52. The van der Waals surface area contributed by atoms with Crippen LogP contribution in [0.5, 0.6) is 11.5 Å². The largest absolute Gasteiger partial charge is 0.454 e. The lowest BCUT2D eigenvalue weighted by molar-refractivity contribution is 0.0278. The number of ether oxygens (including phenoxy) is 3. The Morgan fingerprint density at radius 1 is 1.37 bits per heavy atom. The molecule has 1 unspecified atom stereocenters. The van der Waals surface area contributed by atoms with Crippen molar-refractivity contribution in [1.29, 1.82) is 0 Å². The molecule has 1 aromatic carbocycles. The highest BCUT2D eigenvalue weighted by molar-refractivity contribution is 9.10. The molecule has 1 aromatic rings. The minimum Gasteiger partial charge on any atom is -0.454 e. The standard InChI is InChI=1S/C14H18BrNO3/c1-14(3-2-4-17-8-14)16-7-10-5-11(15)13-12(6-10)18-9-19-13/h5-6,16H,2-4,7-9H2,1H3. The molecule has 0 amide bonds. The van der Waals surface area contributed by atoms with Gasteiger partial charge in [0.2, 0.25) is 6.79 Å². The fourth-order valence-electron chi connectivity index (χ4n) is 2.51. The maximum atomic E-state index is 5.55. The van der Waals surface area contributed by atoms with Crippen molar-refractivity contribution in [2.24, 2.45) is 0 Å². The van der Waals surface area contributed by atoms with E-state index in [0.717, 1.165) is 48.6 Å². The van der Waals surface area contributed by atoms with Crippen LogP contribution < -0.4 is 14.8 Å². The van der Waals surface area contributed by atoms with E-state index in [9.17, 15) is 0 Å². The average molecular weight is 328 g/mol. The predicted octanol–water partition coefficient (Wildman–Crippen LogP) is 2.84. The zero-order valence-electron chi connectivity index (χ0n) is 11.0. The second-order valence-electron chi connectivity index (χ2n) is 5.38. The van der Waals surface area contributed by atoms with E-state index in [1.54, 1.807) is 0 Å². The highest BCUT2D eigenvalue weighted by atomic mass is 79.9. The smallest absolute Gasteiger partial charge is 0.231 e. The molecule has 104 valence electrons. The maximum absolute atomic E-state index is 5.55. The molecule has 1 saturated heterocycles. The van der Waals surface area contributed by atoms with Crippen molar-refractivity contribution in [1.82, 2.24) is 5.32 Å². The van der Waals surface area contributed by atoms with E-state index in [0.29, 0.717) is 6.79 Å². The number of hydrogen-bond donors (Lipinski definition) is 1. The van der Waals surface area contributed by atoms with E-state index in [-0.39, 0.29) is 5.54 Å². The van der Waals surface area contributed by atoms with Gasteiger partial charge in [0, 0.05) is 18.7 Å². The topological polar surface area (TPSA) is 39.7 Å². The van der Waals surface area contributed by atoms with Gasteiger partial charge in [0.1, 0.15) is 0 Å². The van der Waals surface area contributed by atoms with Crippen molar-refractivity contribution in [3.63, 3.8) is 0 Å². The SMILES string of the molecule is CC1(NCc2cc(Br)c3c(c2)OCO3)CCCOC1. The fourth-order valence-corrected chi connectivity index (χ4v) is 3.12. The van der Waals surface area contributed by atoms with Gasteiger partial charge in [0.05, 0.1) is 11.1 Å². The van der Waals surface area contributed by atoms with E-state index in [1.807, 2.05) is 6.07 Å². The van der Waals surface area contributed by atoms with Crippen LogP contribution >= 0.6 is 15.9 Å². The Morgan fingerprint density at radius 2 is 2.26 bits per heavy atom. The second-order valence-corrected chi connectivity index (χ2v) is 6.24. The highest BCUT2D eigenvalue weighted by Gasteiger charge is 2.27. The molecule has 1 fully saturated rings. The van der Waals surface area contributed by atoms with Gasteiger partial charge in [0.15, 0.2) is 11.5 Å². The number of fused-ring (bicyclic) bond motifs is 1. The number of rotatable bonds is 3. The Morgan fingerprint density at radius 3 is 3.05 bits per heavy atom. The molecular weight excluding hydrogens is 310 g/mol. The molecule has 2 aliphatic rings. The normalized spacial score (nSPS) is 25.6. The van der Waals surface area contributed by atoms with Gasteiger partial charge >= 0.3 is 0 Å². The van der Waals surface area contributed by atoms with E-state index in [2.05, 4.69) is 34.2 Å². The molecule has 1 atom stereocenters. The molecule has 0 spiro atoms. The van der Waals surface area contributed by atoms with E-state index < -0.39 is 0 Å². The third kappa shape index (κ3) is 2.88. The quantitative estimate of drug-likeness (QED) is 0.926. The van der Waals surface area contributed by atoms with Gasteiger partial charge in [-0.3, -0.25) is 0 Å². The molecule has 0 bridgehead atoms. The number of halogens is 1. The Bertz CT molecular complexity index is 472. The summed E-state index contributed by atoms with van der Waals surface area (Å²) in [6, 6.07) is 4.11. The predicted molar refractivity (Wildman–Crippen MR) is 75.6 cm³/mol. The zero-order chi connectivity index (χ0) is 13.3. The van der Waals surface area contributed by atoms with Crippen molar-refractivity contribution in [2.75, 3.05) is 20.0 Å². The van der Waals surface area contributed by atoms with Gasteiger partial charge in [0.25, 0.3) is 0 Å². The zero-order valence-corrected chi connectivity index (χ0v) is 12.6. The molecule has 0 saturated carbocycles. The van der Waals surface area contributed by atoms with Gasteiger partial charge < -0.3 is 19.5 Å². The molecule has 0 aliphatic carbocycles. The summed E-state index contributed by atoms with van der Waals surface area (Å²) in [5.41, 5.74) is 1.25. The van der Waals surface area contributed by atoms with Crippen molar-refractivity contribution < 1.29 is 14.2 Å². The number of benzene rings is 1. The molecule has 2 heterocycles. The first-order chi connectivity index (χ1) is 9.16. The summed E-state index contributed by atoms with van der Waals surface area (Å²) in [6.07, 6.45) is 2.27. The molecule has 0 radical (unpaired) electrons. The molecule has 3 rings (SSSR count). The Balaban J connectivity index is 1.68. The van der Waals surface area contributed by atoms with Crippen molar-refractivity contribution in [3.8, 4) is 11.5 Å². The monoisotopic (exact) mass is 327 g/mol. The lowest BCUT2D eigenvalue weighted by Crippen LogP contribution is -2.48. The van der Waals surface area contributed by atoms with E-state index >= 15 is 0 Å². The van der Waals surface area contributed by atoms with Gasteiger partial charge in [-0.15, -0.1) is 0 Å². The van der Waals surface area contributed by atoms with Gasteiger partial charge in [-0.1, -0.05) is 0 Å². The van der Waals surface area contributed by atoms with Crippen molar-refractivity contribution >= 4 is 15.9 Å². The van der Waals surface area contributed by atoms with Crippen LogP contribution in [0.4, 0.5) is 0 Å². The summed E-state index contributed by atoms with van der Waals surface area (Å²) < 4.78 is 17.3. The van der Waals surface area contributed by atoms with Crippen LogP contribution in [0.15, 0.2) is 16.6 Å². The van der Waals surface area contributed by atoms with Crippen LogP contribution in [0.2, 0.25) is 0 Å². The van der Waals surface area contributed by atoms with Crippen LogP contribution in [0.25, 0.3) is 0 Å². The van der Waals surface area contributed by atoms with Crippen LogP contribution in [-0.2, 0) is 11.3 Å². The molecule has 1 N–H and O–H groups in total. The lowest BCUT2D eigenvalue weighted by Gasteiger charge is -2.34. The Kier molecular flexibility index (Phi) is 3.69. The fraction of sp³-hybridized carbons (Fsp3) is 0.571. The molecular formula is C14H18BrNO3. The highest BCUT2D eigenvalue weighted by Crippen LogP contribution is 2.40. The minimum absolute atomic E-state index is 0.0705. The molecule has 19 heavy (non-hydrogen) atoms. The molecule has 0 aromatic heterocycles. The summed E-state index contributed by atoms with van der Waals surface area (Å²) in [7, 11) is 0. The van der Waals surface area contributed by atoms with Crippen LogP contribution in [-0.4, -0.2) is 25.5 Å². The molecule has 2 aliphatic heterocycles. The van der Waals surface area contributed by atoms with Crippen molar-refractivity contribution in [3.05, 3.63) is 22.2 Å². The van der Waals surface area contributed by atoms with E-state index in [4.69, 9.17) is 14.2 Å². The summed E-state index contributed by atoms with van der Waals surface area (Å²) in [5, 5.41) is 3.59. The summed E-state index contributed by atoms with van der Waals surface area (Å²) in [5.74, 6) is 1.62. The minimum atomic E-state index is 0.0705.